The van der Waals surface area contributed by atoms with Gasteiger partial charge in [-0.1, -0.05) is 36.8 Å². The van der Waals surface area contributed by atoms with E-state index < -0.39 is 0 Å². The zero-order valence-corrected chi connectivity index (χ0v) is 13.1. The Hall–Kier alpha value is -0.510. The molecule has 0 radical (unpaired) electrons. The first kappa shape index (κ1) is 14.4. The highest BCUT2D eigenvalue weighted by Crippen LogP contribution is 2.24. The minimum absolute atomic E-state index is 0.565. The van der Waals surface area contributed by atoms with Gasteiger partial charge in [-0.3, -0.25) is 9.80 Å². The Morgan fingerprint density at radius 1 is 1.10 bits per heavy atom. The summed E-state index contributed by atoms with van der Waals surface area (Å²) >= 11 is 4.58. The van der Waals surface area contributed by atoms with Gasteiger partial charge < -0.3 is 0 Å². The van der Waals surface area contributed by atoms with E-state index >= 15 is 0 Å². The number of piperazine rings is 1. The molecule has 2 aliphatic rings. The summed E-state index contributed by atoms with van der Waals surface area (Å²) in [6.45, 7) is 6.24. The van der Waals surface area contributed by atoms with E-state index in [4.69, 9.17) is 0 Å². The van der Waals surface area contributed by atoms with Gasteiger partial charge in [0, 0.05) is 38.1 Å². The van der Waals surface area contributed by atoms with Crippen LogP contribution >= 0.6 is 12.6 Å². The lowest BCUT2D eigenvalue weighted by molar-refractivity contribution is 0.0474. The van der Waals surface area contributed by atoms with Gasteiger partial charge in [0.15, 0.2) is 0 Å². The predicted octanol–water partition coefficient (Wildman–Crippen LogP) is 2.87. The molecule has 2 aliphatic heterocycles. The average molecular weight is 290 g/mol. The van der Waals surface area contributed by atoms with E-state index in [2.05, 4.69) is 52.8 Å². The molecular weight excluding hydrogens is 264 g/mol. The van der Waals surface area contributed by atoms with Crippen LogP contribution in [0.5, 0.6) is 0 Å². The number of benzene rings is 1. The maximum Gasteiger partial charge on any atom is 0.0223 e. The molecule has 3 rings (SSSR count). The summed E-state index contributed by atoms with van der Waals surface area (Å²) in [5, 5.41) is 0. The van der Waals surface area contributed by atoms with Crippen molar-refractivity contribution in [3.63, 3.8) is 0 Å². The third kappa shape index (κ3) is 3.38. The van der Waals surface area contributed by atoms with Gasteiger partial charge >= 0.3 is 0 Å². The van der Waals surface area contributed by atoms with Crippen molar-refractivity contribution in [2.75, 3.05) is 38.5 Å². The molecule has 2 atom stereocenters. The lowest BCUT2D eigenvalue weighted by atomic mass is 9.97. The Morgan fingerprint density at radius 3 is 2.75 bits per heavy atom. The normalized spacial score (nSPS) is 26.1. The Balaban J connectivity index is 1.59. The third-order valence-corrected chi connectivity index (χ3v) is 5.33. The van der Waals surface area contributed by atoms with E-state index in [1.54, 1.807) is 0 Å². The van der Waals surface area contributed by atoms with Crippen LogP contribution in [0.1, 0.15) is 30.7 Å². The van der Waals surface area contributed by atoms with E-state index in [0.29, 0.717) is 5.92 Å². The monoisotopic (exact) mass is 290 g/mol. The van der Waals surface area contributed by atoms with E-state index in [1.165, 1.54) is 51.0 Å². The quantitative estimate of drug-likeness (QED) is 0.852. The number of hydrogen-bond donors (Lipinski definition) is 1. The molecule has 0 aliphatic carbocycles. The molecule has 2 saturated heterocycles. The molecule has 2 unspecified atom stereocenters. The Labute approximate surface area is 128 Å². The van der Waals surface area contributed by atoms with E-state index in [9.17, 15) is 0 Å². The molecule has 2 nitrogen and oxygen atoms in total. The molecule has 2 fully saturated rings. The van der Waals surface area contributed by atoms with Gasteiger partial charge in [0.2, 0.25) is 0 Å². The zero-order valence-electron chi connectivity index (χ0n) is 12.2. The number of piperidine rings is 1. The van der Waals surface area contributed by atoms with Crippen LogP contribution in [-0.2, 0) is 0 Å². The zero-order chi connectivity index (χ0) is 13.8. The van der Waals surface area contributed by atoms with Gasteiger partial charge in [-0.25, -0.2) is 0 Å². The summed E-state index contributed by atoms with van der Waals surface area (Å²) in [4.78, 5) is 5.37. The maximum atomic E-state index is 4.58. The van der Waals surface area contributed by atoms with E-state index in [0.717, 1.165) is 18.3 Å². The fourth-order valence-electron chi connectivity index (χ4n) is 3.69. The topological polar surface area (TPSA) is 6.48 Å². The van der Waals surface area contributed by atoms with Gasteiger partial charge in [-0.2, -0.15) is 12.6 Å². The summed E-state index contributed by atoms with van der Waals surface area (Å²) in [6.07, 6.45) is 4.22. The predicted molar refractivity (Wildman–Crippen MR) is 88.7 cm³/mol. The van der Waals surface area contributed by atoms with Crippen LogP contribution in [0.4, 0.5) is 0 Å². The van der Waals surface area contributed by atoms with Gasteiger partial charge in [-0.15, -0.1) is 0 Å². The van der Waals surface area contributed by atoms with Gasteiger partial charge in [-0.05, 0) is 30.7 Å². The standard InChI is InChI=1S/C17H26N2S/c20-14-16(15-6-2-1-3-7-15)12-18-10-11-19-9-5-4-8-17(19)13-18/h1-3,6-7,16-17,20H,4-5,8-14H2. The summed E-state index contributed by atoms with van der Waals surface area (Å²) in [5.41, 5.74) is 1.44. The van der Waals surface area contributed by atoms with Gasteiger partial charge in [0.25, 0.3) is 0 Å². The number of rotatable bonds is 4. The SMILES string of the molecule is SCC(CN1CCN2CCCCC2C1)c1ccccc1. The molecule has 110 valence electrons. The maximum absolute atomic E-state index is 4.58. The van der Waals surface area contributed by atoms with Crippen LogP contribution in [0.25, 0.3) is 0 Å². The Kier molecular flexibility index (Phi) is 5.03. The first-order valence-electron chi connectivity index (χ1n) is 7.99. The van der Waals surface area contributed by atoms with Crippen molar-refractivity contribution in [2.45, 2.75) is 31.2 Å². The molecular formula is C17H26N2S. The molecule has 0 N–H and O–H groups in total. The van der Waals surface area contributed by atoms with Crippen molar-refractivity contribution in [2.24, 2.45) is 0 Å². The van der Waals surface area contributed by atoms with E-state index in [-0.39, 0.29) is 0 Å². The van der Waals surface area contributed by atoms with Crippen LogP contribution in [0, 0.1) is 0 Å². The molecule has 0 spiro atoms. The minimum Gasteiger partial charge on any atom is -0.300 e. The number of fused-ring (bicyclic) bond motifs is 1. The Morgan fingerprint density at radius 2 is 1.95 bits per heavy atom. The highest BCUT2D eigenvalue weighted by atomic mass is 32.1. The fraction of sp³-hybridized carbons (Fsp3) is 0.647. The molecule has 3 heteroatoms. The van der Waals surface area contributed by atoms with Crippen LogP contribution in [-0.4, -0.2) is 54.3 Å². The third-order valence-electron chi connectivity index (χ3n) is 4.89. The lowest BCUT2D eigenvalue weighted by Crippen LogP contribution is -2.55. The lowest BCUT2D eigenvalue weighted by Gasteiger charge is -2.44. The van der Waals surface area contributed by atoms with Crippen molar-refractivity contribution in [1.29, 1.82) is 0 Å². The molecule has 0 aromatic heterocycles. The van der Waals surface area contributed by atoms with Crippen molar-refractivity contribution in [1.82, 2.24) is 9.80 Å². The summed E-state index contributed by atoms with van der Waals surface area (Å²) in [6, 6.07) is 11.7. The molecule has 0 saturated carbocycles. The highest BCUT2D eigenvalue weighted by Gasteiger charge is 2.29. The van der Waals surface area contributed by atoms with Crippen molar-refractivity contribution >= 4 is 12.6 Å². The van der Waals surface area contributed by atoms with Crippen molar-refractivity contribution < 1.29 is 0 Å². The first-order chi connectivity index (χ1) is 9.86. The smallest absolute Gasteiger partial charge is 0.0223 e. The summed E-state index contributed by atoms with van der Waals surface area (Å²) in [5.74, 6) is 1.50. The summed E-state index contributed by atoms with van der Waals surface area (Å²) in [7, 11) is 0. The first-order valence-corrected chi connectivity index (χ1v) is 8.62. The molecule has 20 heavy (non-hydrogen) atoms. The van der Waals surface area contributed by atoms with Crippen LogP contribution in [0.2, 0.25) is 0 Å². The van der Waals surface area contributed by atoms with Crippen LogP contribution < -0.4 is 0 Å². The second-order valence-electron chi connectivity index (χ2n) is 6.24. The number of nitrogens with zero attached hydrogens (tertiary/aromatic N) is 2. The van der Waals surface area contributed by atoms with Gasteiger partial charge in [0.05, 0.1) is 0 Å². The summed E-state index contributed by atoms with van der Waals surface area (Å²) < 4.78 is 0. The highest BCUT2D eigenvalue weighted by molar-refractivity contribution is 7.80. The van der Waals surface area contributed by atoms with Gasteiger partial charge in [0.1, 0.15) is 0 Å². The second-order valence-corrected chi connectivity index (χ2v) is 6.60. The van der Waals surface area contributed by atoms with Crippen LogP contribution in [0.15, 0.2) is 30.3 Å². The van der Waals surface area contributed by atoms with Crippen molar-refractivity contribution in [3.05, 3.63) is 35.9 Å². The molecule has 0 bridgehead atoms. The average Bonchev–Trinajstić information content (AvgIpc) is 2.53. The molecule has 0 amide bonds. The van der Waals surface area contributed by atoms with Crippen LogP contribution in [0.3, 0.4) is 0 Å². The Bertz CT molecular complexity index is 409. The van der Waals surface area contributed by atoms with Crippen molar-refractivity contribution in [3.8, 4) is 0 Å². The molecule has 1 aromatic rings. The second kappa shape index (κ2) is 6.97. The van der Waals surface area contributed by atoms with E-state index in [1.807, 2.05) is 0 Å². The fourth-order valence-corrected chi connectivity index (χ4v) is 4.02. The molecule has 2 heterocycles. The molecule has 1 aromatic carbocycles. The number of hydrogen-bond acceptors (Lipinski definition) is 3. The minimum atomic E-state index is 0.565. The largest absolute Gasteiger partial charge is 0.300 e. The number of thiol groups is 1.